The van der Waals surface area contributed by atoms with E-state index < -0.39 is 0 Å². The van der Waals surface area contributed by atoms with Crippen molar-refractivity contribution in [2.24, 2.45) is 5.92 Å². The van der Waals surface area contributed by atoms with Gasteiger partial charge in [-0.3, -0.25) is 4.79 Å². The number of phenolic OH excluding ortho intramolecular Hbond substituents is 2. The molecule has 1 aliphatic rings. The highest BCUT2D eigenvalue weighted by Crippen LogP contribution is 2.31. The summed E-state index contributed by atoms with van der Waals surface area (Å²) in [4.78, 5) is 14.1. The molecule has 1 saturated carbocycles. The van der Waals surface area contributed by atoms with E-state index in [1.807, 2.05) is 0 Å². The molecule has 1 aliphatic carbocycles. The van der Waals surface area contributed by atoms with E-state index in [0.29, 0.717) is 0 Å². The summed E-state index contributed by atoms with van der Waals surface area (Å²) in [6.45, 7) is 2.21. The Labute approximate surface area is 120 Å². The first-order chi connectivity index (χ1) is 9.52. The van der Waals surface area contributed by atoms with Crippen LogP contribution in [0.2, 0.25) is 0 Å². The van der Waals surface area contributed by atoms with Crippen molar-refractivity contribution in [2.45, 2.75) is 45.1 Å². The summed E-state index contributed by atoms with van der Waals surface area (Å²) in [6.07, 6.45) is 5.55. The van der Waals surface area contributed by atoms with Gasteiger partial charge in [-0.15, -0.1) is 0 Å². The second-order valence-electron chi connectivity index (χ2n) is 5.70. The first-order valence-corrected chi connectivity index (χ1v) is 7.32. The topological polar surface area (TPSA) is 60.8 Å². The second kappa shape index (κ2) is 6.16. The van der Waals surface area contributed by atoms with Crippen LogP contribution in [0, 0.1) is 5.92 Å². The molecular weight excluding hydrogens is 254 g/mol. The number of nitrogens with zero attached hydrogens (tertiary/aromatic N) is 1. The van der Waals surface area contributed by atoms with E-state index >= 15 is 0 Å². The molecule has 110 valence electrons. The average molecular weight is 277 g/mol. The van der Waals surface area contributed by atoms with E-state index in [0.717, 1.165) is 31.6 Å². The molecule has 0 heterocycles. The van der Waals surface area contributed by atoms with Crippen LogP contribution < -0.4 is 0 Å². The van der Waals surface area contributed by atoms with Crippen LogP contribution in [0.3, 0.4) is 0 Å². The lowest BCUT2D eigenvalue weighted by molar-refractivity contribution is 0.0671. The quantitative estimate of drug-likeness (QED) is 0.834. The molecule has 0 unspecified atom stereocenters. The predicted molar refractivity (Wildman–Crippen MR) is 77.9 cm³/mol. The summed E-state index contributed by atoms with van der Waals surface area (Å²) >= 11 is 0. The van der Waals surface area contributed by atoms with Crippen molar-refractivity contribution in [3.8, 4) is 11.5 Å². The summed E-state index contributed by atoms with van der Waals surface area (Å²) in [5, 5.41) is 19.2. The van der Waals surface area contributed by atoms with E-state index in [1.165, 1.54) is 24.6 Å². The van der Waals surface area contributed by atoms with E-state index in [-0.39, 0.29) is 29.0 Å². The molecule has 1 aromatic rings. The Morgan fingerprint density at radius 2 is 1.90 bits per heavy atom. The van der Waals surface area contributed by atoms with Gasteiger partial charge >= 0.3 is 0 Å². The Balaban J connectivity index is 2.07. The molecule has 1 fully saturated rings. The molecule has 1 aromatic carbocycles. The number of phenols is 2. The third-order valence-electron chi connectivity index (χ3n) is 4.47. The SMILES string of the molecule is CCC1CCC(N(C)C(=O)c2cc(O)ccc2O)CC1. The lowest BCUT2D eigenvalue weighted by Gasteiger charge is -2.34. The van der Waals surface area contributed by atoms with Gasteiger partial charge < -0.3 is 15.1 Å². The van der Waals surface area contributed by atoms with Crippen molar-refractivity contribution in [2.75, 3.05) is 7.05 Å². The first-order valence-electron chi connectivity index (χ1n) is 7.32. The lowest BCUT2D eigenvalue weighted by Crippen LogP contribution is -2.39. The third kappa shape index (κ3) is 3.06. The van der Waals surface area contributed by atoms with E-state index in [2.05, 4.69) is 6.92 Å². The minimum absolute atomic E-state index is 0.00533. The van der Waals surface area contributed by atoms with Gasteiger partial charge in [0.1, 0.15) is 11.5 Å². The van der Waals surface area contributed by atoms with Crippen molar-refractivity contribution >= 4 is 5.91 Å². The highest BCUT2D eigenvalue weighted by atomic mass is 16.3. The van der Waals surface area contributed by atoms with Crippen LogP contribution >= 0.6 is 0 Å². The highest BCUT2D eigenvalue weighted by molar-refractivity contribution is 5.97. The smallest absolute Gasteiger partial charge is 0.257 e. The normalized spacial score (nSPS) is 22.5. The fourth-order valence-electron chi connectivity index (χ4n) is 2.99. The van der Waals surface area contributed by atoms with Crippen LogP contribution in [0.1, 0.15) is 49.4 Å². The number of carbonyl (C=O) groups excluding carboxylic acids is 1. The van der Waals surface area contributed by atoms with Gasteiger partial charge in [0.05, 0.1) is 5.56 Å². The second-order valence-corrected chi connectivity index (χ2v) is 5.70. The number of carbonyl (C=O) groups is 1. The molecule has 0 radical (unpaired) electrons. The molecule has 2 rings (SSSR count). The molecule has 20 heavy (non-hydrogen) atoms. The molecule has 1 amide bonds. The molecule has 4 heteroatoms. The zero-order valence-electron chi connectivity index (χ0n) is 12.2. The van der Waals surface area contributed by atoms with Crippen molar-refractivity contribution in [3.63, 3.8) is 0 Å². The van der Waals surface area contributed by atoms with Gasteiger partial charge in [-0.1, -0.05) is 13.3 Å². The van der Waals surface area contributed by atoms with Gasteiger partial charge in [0, 0.05) is 13.1 Å². The summed E-state index contributed by atoms with van der Waals surface area (Å²) < 4.78 is 0. The Hall–Kier alpha value is -1.71. The number of rotatable bonds is 3. The molecular formula is C16H23NO3. The molecule has 2 N–H and O–H groups in total. The van der Waals surface area contributed by atoms with Crippen LogP contribution in [-0.4, -0.2) is 34.1 Å². The van der Waals surface area contributed by atoms with E-state index in [1.54, 1.807) is 11.9 Å². The number of hydrogen-bond acceptors (Lipinski definition) is 3. The Morgan fingerprint density at radius 1 is 1.25 bits per heavy atom. The third-order valence-corrected chi connectivity index (χ3v) is 4.47. The van der Waals surface area contributed by atoms with Crippen molar-refractivity contribution in [1.82, 2.24) is 4.90 Å². The number of aromatic hydroxyl groups is 2. The molecule has 4 nitrogen and oxygen atoms in total. The van der Waals surface area contributed by atoms with Crippen LogP contribution in [0.4, 0.5) is 0 Å². The Bertz CT molecular complexity index is 479. The summed E-state index contributed by atoms with van der Waals surface area (Å²) in [7, 11) is 1.78. The predicted octanol–water partition coefficient (Wildman–Crippen LogP) is 3.14. The van der Waals surface area contributed by atoms with Crippen LogP contribution in [0.5, 0.6) is 11.5 Å². The number of benzene rings is 1. The van der Waals surface area contributed by atoms with Crippen molar-refractivity contribution < 1.29 is 15.0 Å². The summed E-state index contributed by atoms with van der Waals surface area (Å²) in [5.74, 6) is 0.471. The van der Waals surface area contributed by atoms with Crippen LogP contribution in [0.15, 0.2) is 18.2 Å². The molecule has 0 saturated heterocycles. The summed E-state index contributed by atoms with van der Waals surface area (Å²) in [5.41, 5.74) is 0.171. The standard InChI is InChI=1S/C16H23NO3/c1-3-11-4-6-12(7-5-11)17(2)16(20)14-10-13(18)8-9-15(14)19/h8-12,18-19H,3-7H2,1-2H3. The fraction of sp³-hybridized carbons (Fsp3) is 0.562. The summed E-state index contributed by atoms with van der Waals surface area (Å²) in [6, 6.07) is 4.28. The van der Waals surface area contributed by atoms with Gasteiger partial charge in [0.2, 0.25) is 0 Å². The Morgan fingerprint density at radius 3 is 2.50 bits per heavy atom. The Kier molecular flexibility index (Phi) is 4.53. The van der Waals surface area contributed by atoms with Gasteiger partial charge in [0.25, 0.3) is 5.91 Å². The maximum atomic E-state index is 12.4. The molecule has 0 bridgehead atoms. The van der Waals surface area contributed by atoms with Crippen molar-refractivity contribution in [1.29, 1.82) is 0 Å². The molecule has 0 atom stereocenters. The van der Waals surface area contributed by atoms with Gasteiger partial charge in [-0.2, -0.15) is 0 Å². The van der Waals surface area contributed by atoms with E-state index in [9.17, 15) is 15.0 Å². The maximum absolute atomic E-state index is 12.4. The fourth-order valence-corrected chi connectivity index (χ4v) is 2.99. The minimum Gasteiger partial charge on any atom is -0.508 e. The number of amides is 1. The first kappa shape index (κ1) is 14.7. The monoisotopic (exact) mass is 277 g/mol. The molecule has 0 aliphatic heterocycles. The van der Waals surface area contributed by atoms with Crippen LogP contribution in [-0.2, 0) is 0 Å². The zero-order valence-corrected chi connectivity index (χ0v) is 12.2. The number of hydrogen-bond donors (Lipinski definition) is 2. The van der Waals surface area contributed by atoms with E-state index in [4.69, 9.17) is 0 Å². The maximum Gasteiger partial charge on any atom is 0.257 e. The van der Waals surface area contributed by atoms with Gasteiger partial charge in [0.15, 0.2) is 0 Å². The molecule has 0 aromatic heterocycles. The van der Waals surface area contributed by atoms with Crippen molar-refractivity contribution in [3.05, 3.63) is 23.8 Å². The zero-order chi connectivity index (χ0) is 14.7. The molecule has 0 spiro atoms. The van der Waals surface area contributed by atoms with Gasteiger partial charge in [-0.05, 0) is 49.8 Å². The highest BCUT2D eigenvalue weighted by Gasteiger charge is 2.27. The lowest BCUT2D eigenvalue weighted by atomic mass is 9.84. The average Bonchev–Trinajstić information content (AvgIpc) is 2.48. The minimum atomic E-state index is -0.224. The van der Waals surface area contributed by atoms with Crippen LogP contribution in [0.25, 0.3) is 0 Å². The largest absolute Gasteiger partial charge is 0.508 e. The van der Waals surface area contributed by atoms with Gasteiger partial charge in [-0.25, -0.2) is 0 Å².